The molecule has 1 aliphatic rings. The number of aromatic carboxylic acids is 1. The lowest BCUT2D eigenvalue weighted by Gasteiger charge is -2.30. The van der Waals surface area contributed by atoms with Gasteiger partial charge in [-0.2, -0.15) is 0 Å². The van der Waals surface area contributed by atoms with Crippen LogP contribution in [0.4, 0.5) is 11.4 Å². The maximum atomic E-state index is 12.6. The van der Waals surface area contributed by atoms with Crippen molar-refractivity contribution < 1.29 is 14.7 Å². The lowest BCUT2D eigenvalue weighted by molar-refractivity contribution is 0.0697. The number of aryl methyl sites for hydroxylation is 1. The zero-order chi connectivity index (χ0) is 21.8. The number of hydrogen-bond acceptors (Lipinski definition) is 3. The van der Waals surface area contributed by atoms with E-state index < -0.39 is 5.97 Å². The summed E-state index contributed by atoms with van der Waals surface area (Å²) in [4.78, 5) is 26.6. The number of hydrogen-bond donors (Lipinski definition) is 2. The first-order valence-electron chi connectivity index (χ1n) is 10.3. The van der Waals surface area contributed by atoms with Gasteiger partial charge in [0.15, 0.2) is 0 Å². The molecule has 1 heterocycles. The average molecular weight is 412 g/mol. The molecule has 0 unspecified atom stereocenters. The highest BCUT2D eigenvalue weighted by Gasteiger charge is 2.20. The summed E-state index contributed by atoms with van der Waals surface area (Å²) in [6, 6.07) is 22.6. The Balaban J connectivity index is 1.55. The van der Waals surface area contributed by atoms with Crippen molar-refractivity contribution in [2.24, 2.45) is 0 Å². The van der Waals surface area contributed by atoms with Crippen molar-refractivity contribution in [3.63, 3.8) is 0 Å². The molecule has 3 aromatic carbocycles. The van der Waals surface area contributed by atoms with Gasteiger partial charge < -0.3 is 15.3 Å². The first-order valence-corrected chi connectivity index (χ1v) is 10.3. The van der Waals surface area contributed by atoms with Gasteiger partial charge in [0, 0.05) is 24.3 Å². The Morgan fingerprint density at radius 1 is 0.935 bits per heavy atom. The number of benzene rings is 3. The molecule has 0 radical (unpaired) electrons. The maximum absolute atomic E-state index is 12.6. The van der Waals surface area contributed by atoms with Gasteiger partial charge in [0.1, 0.15) is 0 Å². The van der Waals surface area contributed by atoms with Crippen molar-refractivity contribution >= 4 is 28.8 Å². The average Bonchev–Trinajstić information content (AvgIpc) is 2.80. The van der Waals surface area contributed by atoms with E-state index in [4.69, 9.17) is 0 Å². The second-order valence-electron chi connectivity index (χ2n) is 7.60. The number of carboxylic acids is 1. The fraction of sp³-hybridized carbons (Fsp3) is 0.154. The first-order chi connectivity index (χ1) is 15.0. The molecule has 0 saturated heterocycles. The van der Waals surface area contributed by atoms with Crippen LogP contribution in [0.5, 0.6) is 0 Å². The molecule has 0 bridgehead atoms. The predicted octanol–water partition coefficient (Wildman–Crippen LogP) is 5.24. The van der Waals surface area contributed by atoms with E-state index in [0.29, 0.717) is 23.5 Å². The quantitative estimate of drug-likeness (QED) is 0.601. The third-order valence-corrected chi connectivity index (χ3v) is 5.57. The minimum absolute atomic E-state index is 0.180. The van der Waals surface area contributed by atoms with Crippen LogP contribution in [0.1, 0.15) is 38.3 Å². The molecule has 0 fully saturated rings. The molecule has 0 aliphatic carbocycles. The van der Waals surface area contributed by atoms with Crippen LogP contribution >= 0.6 is 0 Å². The third-order valence-electron chi connectivity index (χ3n) is 5.57. The number of nitrogens with one attached hydrogen (secondary N) is 1. The van der Waals surface area contributed by atoms with E-state index in [2.05, 4.69) is 28.4 Å². The van der Waals surface area contributed by atoms with E-state index in [9.17, 15) is 14.7 Å². The van der Waals surface area contributed by atoms with Gasteiger partial charge >= 0.3 is 5.97 Å². The summed E-state index contributed by atoms with van der Waals surface area (Å²) in [7, 11) is 0. The molecule has 2 N–H and O–H groups in total. The van der Waals surface area contributed by atoms with E-state index in [1.807, 2.05) is 37.3 Å². The molecule has 1 aliphatic heterocycles. The van der Waals surface area contributed by atoms with E-state index in [-0.39, 0.29) is 11.5 Å². The molecule has 5 nitrogen and oxygen atoms in total. The number of rotatable bonds is 5. The van der Waals surface area contributed by atoms with E-state index >= 15 is 0 Å². The normalized spacial score (nSPS) is 13.5. The van der Waals surface area contributed by atoms with Gasteiger partial charge in [-0.25, -0.2) is 4.79 Å². The lowest BCUT2D eigenvalue weighted by atomic mass is 9.98. The van der Waals surface area contributed by atoms with Crippen LogP contribution in [0.3, 0.4) is 0 Å². The molecule has 1 amide bonds. The molecule has 0 aromatic heterocycles. The zero-order valence-corrected chi connectivity index (χ0v) is 17.3. The van der Waals surface area contributed by atoms with E-state index in [1.54, 1.807) is 24.3 Å². The molecular formula is C26H24N2O3. The molecule has 5 heteroatoms. The van der Waals surface area contributed by atoms with Crippen molar-refractivity contribution in [2.75, 3.05) is 23.3 Å². The maximum Gasteiger partial charge on any atom is 0.337 e. The standard InChI is InChI=1S/C26H24N2O3/c1-18-7-5-6-10-22(18)25(29)27-21-11-12-24(23(17-21)26(30)31)28-15-13-20(14-16-28)19-8-3-2-4-9-19/h2-13,17H,14-16H2,1H3,(H,27,29)(H,30,31). The van der Waals surface area contributed by atoms with E-state index in [1.165, 1.54) is 17.2 Å². The summed E-state index contributed by atoms with van der Waals surface area (Å²) < 4.78 is 0. The highest BCUT2D eigenvalue weighted by atomic mass is 16.4. The van der Waals surface area contributed by atoms with Crippen molar-refractivity contribution in [3.8, 4) is 0 Å². The van der Waals surface area contributed by atoms with Crippen LogP contribution in [-0.2, 0) is 0 Å². The molecule has 0 atom stereocenters. The number of nitrogens with zero attached hydrogens (tertiary/aromatic N) is 1. The summed E-state index contributed by atoms with van der Waals surface area (Å²) in [5.41, 5.74) is 5.21. The molecule has 31 heavy (non-hydrogen) atoms. The van der Waals surface area contributed by atoms with Crippen LogP contribution in [-0.4, -0.2) is 30.1 Å². The SMILES string of the molecule is Cc1ccccc1C(=O)Nc1ccc(N2CC=C(c3ccccc3)CC2)c(C(=O)O)c1. The Labute approximate surface area is 181 Å². The highest BCUT2D eigenvalue weighted by molar-refractivity contribution is 6.06. The predicted molar refractivity (Wildman–Crippen MR) is 124 cm³/mol. The lowest BCUT2D eigenvalue weighted by Crippen LogP contribution is -2.29. The fourth-order valence-electron chi connectivity index (χ4n) is 3.89. The van der Waals surface area contributed by atoms with Gasteiger partial charge in [0.2, 0.25) is 0 Å². The summed E-state index contributed by atoms with van der Waals surface area (Å²) in [5, 5.41) is 12.6. The Kier molecular flexibility index (Phi) is 5.85. The van der Waals surface area contributed by atoms with Gasteiger partial charge in [0.25, 0.3) is 5.91 Å². The second kappa shape index (κ2) is 8.88. The second-order valence-corrected chi connectivity index (χ2v) is 7.60. The van der Waals surface area contributed by atoms with Crippen LogP contribution in [0.15, 0.2) is 78.9 Å². The van der Waals surface area contributed by atoms with Gasteiger partial charge in [-0.1, -0.05) is 54.6 Å². The largest absolute Gasteiger partial charge is 0.478 e. The topological polar surface area (TPSA) is 69.6 Å². The van der Waals surface area contributed by atoms with Crippen LogP contribution < -0.4 is 10.2 Å². The Morgan fingerprint density at radius 3 is 2.35 bits per heavy atom. The minimum atomic E-state index is -1.01. The molecular weight excluding hydrogens is 388 g/mol. The molecule has 3 aromatic rings. The number of carboxylic acid groups (broad SMARTS) is 1. The van der Waals surface area contributed by atoms with Crippen LogP contribution in [0.25, 0.3) is 5.57 Å². The number of amides is 1. The molecule has 0 spiro atoms. The monoisotopic (exact) mass is 412 g/mol. The van der Waals surface area contributed by atoms with Crippen molar-refractivity contribution in [1.29, 1.82) is 0 Å². The van der Waals surface area contributed by atoms with Crippen LogP contribution in [0.2, 0.25) is 0 Å². The summed E-state index contributed by atoms with van der Waals surface area (Å²) in [5.74, 6) is -1.27. The summed E-state index contributed by atoms with van der Waals surface area (Å²) in [6.07, 6.45) is 2.99. The zero-order valence-electron chi connectivity index (χ0n) is 17.3. The Hall–Kier alpha value is -3.86. The highest BCUT2D eigenvalue weighted by Crippen LogP contribution is 2.30. The molecule has 4 rings (SSSR count). The van der Waals surface area contributed by atoms with Crippen molar-refractivity contribution in [2.45, 2.75) is 13.3 Å². The van der Waals surface area contributed by atoms with Crippen molar-refractivity contribution in [1.82, 2.24) is 0 Å². The Morgan fingerprint density at radius 2 is 1.68 bits per heavy atom. The summed E-state index contributed by atoms with van der Waals surface area (Å²) in [6.45, 7) is 3.24. The minimum Gasteiger partial charge on any atom is -0.478 e. The van der Waals surface area contributed by atoms with E-state index in [0.717, 1.165) is 18.5 Å². The van der Waals surface area contributed by atoms with Crippen LogP contribution in [0, 0.1) is 6.92 Å². The van der Waals surface area contributed by atoms with Gasteiger partial charge in [-0.05, 0) is 54.3 Å². The van der Waals surface area contributed by atoms with Gasteiger partial charge in [-0.3, -0.25) is 4.79 Å². The number of carbonyl (C=O) groups is 2. The Bertz CT molecular complexity index is 1150. The number of anilines is 2. The van der Waals surface area contributed by atoms with Gasteiger partial charge in [-0.15, -0.1) is 0 Å². The number of carbonyl (C=O) groups excluding carboxylic acids is 1. The first kappa shape index (κ1) is 20.4. The third kappa shape index (κ3) is 4.51. The fourth-order valence-corrected chi connectivity index (χ4v) is 3.89. The smallest absolute Gasteiger partial charge is 0.337 e. The molecule has 156 valence electrons. The van der Waals surface area contributed by atoms with Gasteiger partial charge in [0.05, 0.1) is 11.3 Å². The van der Waals surface area contributed by atoms with Crippen molar-refractivity contribution in [3.05, 3.63) is 101 Å². The summed E-state index contributed by atoms with van der Waals surface area (Å²) >= 11 is 0. The molecule has 0 saturated carbocycles.